The molecule has 1 fully saturated rings. The third-order valence-electron chi connectivity index (χ3n) is 4.06. The van der Waals surface area contributed by atoms with Gasteiger partial charge in [0.1, 0.15) is 0 Å². The summed E-state index contributed by atoms with van der Waals surface area (Å²) in [5.41, 5.74) is 0. The maximum absolute atomic E-state index is 3.83. The van der Waals surface area contributed by atoms with Gasteiger partial charge in [0.25, 0.3) is 0 Å². The molecule has 0 saturated carbocycles. The van der Waals surface area contributed by atoms with E-state index >= 15 is 0 Å². The monoisotopic (exact) mass is 258 g/mol. The molecule has 3 unspecified atom stereocenters. The van der Waals surface area contributed by atoms with E-state index in [4.69, 9.17) is 0 Å². The first-order chi connectivity index (χ1) is 8.21. The number of thioether (sulfide) groups is 1. The minimum absolute atomic E-state index is 0.668. The molecular formula is C14H30N2S. The van der Waals surface area contributed by atoms with E-state index in [2.05, 4.69) is 37.2 Å². The number of hydrogen-bond donors (Lipinski definition) is 1. The smallest absolute Gasteiger partial charge is 0.0158 e. The maximum atomic E-state index is 3.83. The Hall–Kier alpha value is 0.270. The Labute approximate surface area is 112 Å². The molecule has 102 valence electrons. The van der Waals surface area contributed by atoms with Crippen LogP contribution in [0, 0.1) is 5.92 Å². The van der Waals surface area contributed by atoms with E-state index in [1.807, 2.05) is 11.8 Å². The van der Waals surface area contributed by atoms with Crippen LogP contribution in [0.15, 0.2) is 0 Å². The van der Waals surface area contributed by atoms with Gasteiger partial charge >= 0.3 is 0 Å². The van der Waals surface area contributed by atoms with Gasteiger partial charge in [-0.2, -0.15) is 11.8 Å². The van der Waals surface area contributed by atoms with E-state index in [1.165, 1.54) is 44.6 Å². The second-order valence-electron chi connectivity index (χ2n) is 5.31. The van der Waals surface area contributed by atoms with Crippen molar-refractivity contribution in [2.45, 2.75) is 52.1 Å². The molecule has 17 heavy (non-hydrogen) atoms. The van der Waals surface area contributed by atoms with Crippen molar-refractivity contribution < 1.29 is 0 Å². The van der Waals surface area contributed by atoms with Crippen molar-refractivity contribution in [1.82, 2.24) is 10.2 Å². The summed E-state index contributed by atoms with van der Waals surface area (Å²) in [6, 6.07) is 1.36. The molecule has 3 heteroatoms. The van der Waals surface area contributed by atoms with E-state index in [1.54, 1.807) is 0 Å². The van der Waals surface area contributed by atoms with Crippen LogP contribution in [0.2, 0.25) is 0 Å². The van der Waals surface area contributed by atoms with Gasteiger partial charge in [0, 0.05) is 24.4 Å². The second kappa shape index (κ2) is 8.39. The summed E-state index contributed by atoms with van der Waals surface area (Å²) in [5.74, 6) is 2.09. The molecule has 0 aliphatic carbocycles. The van der Waals surface area contributed by atoms with Crippen LogP contribution in [0.25, 0.3) is 0 Å². The molecule has 3 atom stereocenters. The Balaban J connectivity index is 2.37. The van der Waals surface area contributed by atoms with Crippen LogP contribution in [0.5, 0.6) is 0 Å². The van der Waals surface area contributed by atoms with Crippen molar-refractivity contribution in [3.63, 3.8) is 0 Å². The topological polar surface area (TPSA) is 15.3 Å². The lowest BCUT2D eigenvalue weighted by Gasteiger charge is -2.36. The van der Waals surface area contributed by atoms with E-state index in [0.29, 0.717) is 12.1 Å². The Morgan fingerprint density at radius 1 is 1.41 bits per heavy atom. The highest BCUT2D eigenvalue weighted by molar-refractivity contribution is 7.98. The van der Waals surface area contributed by atoms with Crippen LogP contribution in [-0.4, -0.2) is 48.6 Å². The predicted octanol–water partition coefficient (Wildman–Crippen LogP) is 2.84. The number of hydrogen-bond acceptors (Lipinski definition) is 3. The third-order valence-corrected chi connectivity index (χ3v) is 4.79. The molecule has 2 nitrogen and oxygen atoms in total. The summed E-state index contributed by atoms with van der Waals surface area (Å²) in [4.78, 5) is 2.60. The third kappa shape index (κ3) is 5.19. The quantitative estimate of drug-likeness (QED) is 0.756. The number of rotatable bonds is 7. The molecule has 0 aromatic heterocycles. The first-order valence-electron chi connectivity index (χ1n) is 7.18. The maximum Gasteiger partial charge on any atom is 0.0158 e. The summed E-state index contributed by atoms with van der Waals surface area (Å²) in [7, 11) is 0. The summed E-state index contributed by atoms with van der Waals surface area (Å²) in [5, 5.41) is 3.83. The van der Waals surface area contributed by atoms with Crippen molar-refractivity contribution in [3.05, 3.63) is 0 Å². The second-order valence-corrected chi connectivity index (χ2v) is 6.22. The molecule has 1 N–H and O–H groups in total. The van der Waals surface area contributed by atoms with E-state index in [0.717, 1.165) is 5.92 Å². The van der Waals surface area contributed by atoms with Gasteiger partial charge in [-0.15, -0.1) is 0 Å². The molecule has 0 aromatic carbocycles. The van der Waals surface area contributed by atoms with Crippen molar-refractivity contribution in [2.24, 2.45) is 5.92 Å². The van der Waals surface area contributed by atoms with Crippen LogP contribution in [0.4, 0.5) is 0 Å². The van der Waals surface area contributed by atoms with Gasteiger partial charge in [0.15, 0.2) is 0 Å². The van der Waals surface area contributed by atoms with E-state index in [-0.39, 0.29) is 0 Å². The molecule has 0 radical (unpaired) electrons. The van der Waals surface area contributed by atoms with Crippen molar-refractivity contribution in [3.8, 4) is 0 Å². The molecule has 0 spiro atoms. The molecule has 1 aliphatic heterocycles. The lowest BCUT2D eigenvalue weighted by atomic mass is 9.91. The van der Waals surface area contributed by atoms with Crippen LogP contribution < -0.4 is 5.32 Å². The average Bonchev–Trinajstić information content (AvgIpc) is 2.38. The van der Waals surface area contributed by atoms with Crippen LogP contribution in [0.3, 0.4) is 0 Å². The number of likely N-dealkylation sites (tertiary alicyclic amines) is 1. The molecule has 0 aromatic rings. The van der Waals surface area contributed by atoms with Crippen LogP contribution >= 0.6 is 11.8 Å². The summed E-state index contributed by atoms with van der Waals surface area (Å²) in [6.07, 6.45) is 6.23. The van der Waals surface area contributed by atoms with Gasteiger partial charge in [-0.25, -0.2) is 0 Å². The Morgan fingerprint density at radius 2 is 2.18 bits per heavy atom. The Kier molecular flexibility index (Phi) is 7.56. The highest BCUT2D eigenvalue weighted by atomic mass is 32.2. The fraction of sp³-hybridized carbons (Fsp3) is 1.00. The van der Waals surface area contributed by atoms with Gasteiger partial charge in [-0.3, -0.25) is 0 Å². The highest BCUT2D eigenvalue weighted by Crippen LogP contribution is 2.20. The molecular weight excluding hydrogens is 228 g/mol. The SMILES string of the molecule is CCC(CSC)NC(C)C1CCCN(CC)C1. The largest absolute Gasteiger partial charge is 0.310 e. The van der Waals surface area contributed by atoms with Crippen molar-refractivity contribution in [1.29, 1.82) is 0 Å². The lowest BCUT2D eigenvalue weighted by molar-refractivity contribution is 0.153. The van der Waals surface area contributed by atoms with Gasteiger partial charge in [0.2, 0.25) is 0 Å². The number of piperidine rings is 1. The zero-order valence-corrected chi connectivity index (χ0v) is 12.9. The highest BCUT2D eigenvalue weighted by Gasteiger charge is 2.24. The summed E-state index contributed by atoms with van der Waals surface area (Å²) in [6.45, 7) is 10.8. The molecule has 1 aliphatic rings. The Bertz CT molecular complexity index is 199. The molecule has 1 rings (SSSR count). The standard InChI is InChI=1S/C14H30N2S/c1-5-14(11-17-4)15-12(3)13-8-7-9-16(6-2)10-13/h12-15H,5-11H2,1-4H3. The fourth-order valence-corrected chi connectivity index (χ4v) is 3.51. The van der Waals surface area contributed by atoms with E-state index < -0.39 is 0 Å². The minimum atomic E-state index is 0.668. The summed E-state index contributed by atoms with van der Waals surface area (Å²) >= 11 is 1.96. The number of nitrogens with zero attached hydrogens (tertiary/aromatic N) is 1. The fourth-order valence-electron chi connectivity index (χ4n) is 2.78. The zero-order valence-electron chi connectivity index (χ0n) is 12.0. The molecule has 0 amide bonds. The molecule has 1 saturated heterocycles. The summed E-state index contributed by atoms with van der Waals surface area (Å²) < 4.78 is 0. The first-order valence-corrected chi connectivity index (χ1v) is 8.57. The van der Waals surface area contributed by atoms with Crippen LogP contribution in [-0.2, 0) is 0 Å². The first kappa shape index (κ1) is 15.3. The Morgan fingerprint density at radius 3 is 2.76 bits per heavy atom. The average molecular weight is 258 g/mol. The zero-order chi connectivity index (χ0) is 12.7. The molecule has 0 bridgehead atoms. The minimum Gasteiger partial charge on any atom is -0.310 e. The number of nitrogens with one attached hydrogen (secondary N) is 1. The normalized spacial score (nSPS) is 25.8. The van der Waals surface area contributed by atoms with Crippen LogP contribution in [0.1, 0.15) is 40.0 Å². The van der Waals surface area contributed by atoms with Gasteiger partial charge < -0.3 is 10.2 Å². The van der Waals surface area contributed by atoms with Gasteiger partial charge in [0.05, 0.1) is 0 Å². The lowest BCUT2D eigenvalue weighted by Crippen LogP contribution is -2.47. The van der Waals surface area contributed by atoms with Crippen molar-refractivity contribution >= 4 is 11.8 Å². The predicted molar refractivity (Wildman–Crippen MR) is 79.9 cm³/mol. The van der Waals surface area contributed by atoms with Crippen molar-refractivity contribution in [2.75, 3.05) is 31.6 Å². The molecule has 1 heterocycles. The van der Waals surface area contributed by atoms with Gasteiger partial charge in [-0.1, -0.05) is 13.8 Å². The van der Waals surface area contributed by atoms with Gasteiger partial charge in [-0.05, 0) is 51.4 Å². The van der Waals surface area contributed by atoms with E-state index in [9.17, 15) is 0 Å².